The van der Waals surface area contributed by atoms with E-state index in [0.717, 1.165) is 16.3 Å². The van der Waals surface area contributed by atoms with Crippen LogP contribution in [0.25, 0.3) is 11.4 Å². The second-order valence-electron chi connectivity index (χ2n) is 2.76. The highest BCUT2D eigenvalue weighted by molar-refractivity contribution is 7.10. The van der Waals surface area contributed by atoms with Crippen molar-refractivity contribution >= 4 is 22.5 Å². The maximum absolute atomic E-state index is 5.44. The average molecular weight is 210 g/mol. The van der Waals surface area contributed by atoms with Crippen LogP contribution in [0.1, 0.15) is 5.69 Å². The van der Waals surface area contributed by atoms with E-state index in [-0.39, 0.29) is 5.95 Å². The lowest BCUT2D eigenvalue weighted by Crippen LogP contribution is -1.90. The molecule has 74 valence electrons. The Morgan fingerprint density at radius 1 is 1.50 bits per heavy atom. The Morgan fingerprint density at radius 2 is 2.29 bits per heavy atom. The van der Waals surface area contributed by atoms with Crippen molar-refractivity contribution in [1.82, 2.24) is 19.6 Å². The number of nitrogen functional groups attached to an aromatic ring is 1. The third kappa shape index (κ3) is 1.31. The summed E-state index contributed by atoms with van der Waals surface area (Å²) in [6.07, 6.45) is 0. The zero-order valence-corrected chi connectivity index (χ0v) is 8.64. The fraction of sp³-hybridized carbons (Fsp3) is 0.286. The third-order valence-corrected chi connectivity index (χ3v) is 2.79. The van der Waals surface area contributed by atoms with Crippen LogP contribution < -0.4 is 11.1 Å². The molecule has 0 saturated heterocycles. The first kappa shape index (κ1) is 8.95. The molecule has 2 heterocycles. The van der Waals surface area contributed by atoms with E-state index in [0.29, 0.717) is 5.82 Å². The molecule has 0 aliphatic rings. The number of aromatic nitrogens is 4. The molecule has 14 heavy (non-hydrogen) atoms. The largest absolute Gasteiger partial charge is 0.378 e. The molecule has 0 radical (unpaired) electrons. The molecule has 7 heteroatoms. The van der Waals surface area contributed by atoms with Gasteiger partial charge in [-0.3, -0.25) is 5.10 Å². The van der Waals surface area contributed by atoms with E-state index >= 15 is 0 Å². The van der Waals surface area contributed by atoms with Crippen molar-refractivity contribution in [2.24, 2.45) is 0 Å². The van der Waals surface area contributed by atoms with Crippen molar-refractivity contribution in [2.75, 3.05) is 18.1 Å². The summed E-state index contributed by atoms with van der Waals surface area (Å²) in [5.41, 5.74) is 7.28. The van der Waals surface area contributed by atoms with Gasteiger partial charge in [0.2, 0.25) is 5.95 Å². The van der Waals surface area contributed by atoms with Gasteiger partial charge in [-0.15, -0.1) is 5.10 Å². The minimum absolute atomic E-state index is 0.243. The Bertz CT molecular complexity index is 445. The van der Waals surface area contributed by atoms with Crippen molar-refractivity contribution in [3.05, 3.63) is 5.69 Å². The summed E-state index contributed by atoms with van der Waals surface area (Å²) in [7, 11) is 1.84. The molecule has 4 N–H and O–H groups in total. The Kier molecular flexibility index (Phi) is 2.08. The topological polar surface area (TPSA) is 92.5 Å². The minimum Gasteiger partial charge on any atom is -0.378 e. The highest BCUT2D eigenvalue weighted by Crippen LogP contribution is 2.31. The van der Waals surface area contributed by atoms with E-state index in [1.54, 1.807) is 0 Å². The molecule has 0 aromatic carbocycles. The second kappa shape index (κ2) is 3.26. The van der Waals surface area contributed by atoms with Gasteiger partial charge in [-0.1, -0.05) is 0 Å². The maximum atomic E-state index is 5.44. The number of hydrogen-bond acceptors (Lipinski definition) is 6. The number of hydrogen-bond donors (Lipinski definition) is 3. The van der Waals surface area contributed by atoms with Crippen molar-refractivity contribution < 1.29 is 0 Å². The van der Waals surface area contributed by atoms with Gasteiger partial charge in [0.15, 0.2) is 5.82 Å². The van der Waals surface area contributed by atoms with E-state index in [2.05, 4.69) is 24.9 Å². The van der Waals surface area contributed by atoms with Crippen molar-refractivity contribution in [2.45, 2.75) is 6.92 Å². The van der Waals surface area contributed by atoms with E-state index in [4.69, 9.17) is 5.73 Å². The number of nitrogens with zero attached hydrogens (tertiary/aromatic N) is 3. The normalized spacial score (nSPS) is 10.4. The molecule has 2 aromatic heterocycles. The zero-order chi connectivity index (χ0) is 10.1. The quantitative estimate of drug-likeness (QED) is 0.683. The van der Waals surface area contributed by atoms with Crippen molar-refractivity contribution in [1.29, 1.82) is 0 Å². The van der Waals surface area contributed by atoms with Crippen LogP contribution in [0, 0.1) is 6.92 Å². The van der Waals surface area contributed by atoms with Gasteiger partial charge in [-0.05, 0) is 18.5 Å². The first-order valence-electron chi connectivity index (χ1n) is 4.04. The Balaban J connectivity index is 2.54. The van der Waals surface area contributed by atoms with Crippen LogP contribution in [-0.4, -0.2) is 26.6 Å². The molecule has 6 nitrogen and oxygen atoms in total. The standard InChI is InChI=1S/C7H10N6S/c1-3-4(6(9-2)14-13-3)5-10-7(8)12-11-5/h9H,1-2H3,(H3,8,10,11,12). The number of nitrogens with two attached hydrogens (primary N) is 1. The average Bonchev–Trinajstić information content (AvgIpc) is 2.71. The highest BCUT2D eigenvalue weighted by atomic mass is 32.1. The summed E-state index contributed by atoms with van der Waals surface area (Å²) in [6, 6.07) is 0. The summed E-state index contributed by atoms with van der Waals surface area (Å²) >= 11 is 1.39. The number of aryl methyl sites for hydroxylation is 1. The van der Waals surface area contributed by atoms with Crippen LogP contribution in [0.3, 0.4) is 0 Å². The molecule has 0 amide bonds. The molecular formula is C7H10N6S. The predicted octanol–water partition coefficient (Wildman–Crippen LogP) is 0.861. The smallest absolute Gasteiger partial charge is 0.239 e. The summed E-state index contributed by atoms with van der Waals surface area (Å²) < 4.78 is 4.22. The highest BCUT2D eigenvalue weighted by Gasteiger charge is 2.14. The lowest BCUT2D eigenvalue weighted by Gasteiger charge is -1.97. The molecule has 0 aliphatic carbocycles. The van der Waals surface area contributed by atoms with Gasteiger partial charge in [0.25, 0.3) is 0 Å². The predicted molar refractivity (Wildman–Crippen MR) is 56.2 cm³/mol. The summed E-state index contributed by atoms with van der Waals surface area (Å²) in [4.78, 5) is 4.06. The van der Waals surface area contributed by atoms with Crippen LogP contribution in [0.5, 0.6) is 0 Å². The Morgan fingerprint density at radius 3 is 2.86 bits per heavy atom. The molecule has 2 aromatic rings. The first-order valence-corrected chi connectivity index (χ1v) is 4.82. The Labute approximate surface area is 84.7 Å². The number of nitrogens with one attached hydrogen (secondary N) is 2. The first-order chi connectivity index (χ1) is 6.72. The Hall–Kier alpha value is -1.63. The van der Waals surface area contributed by atoms with Crippen LogP contribution in [0.4, 0.5) is 10.9 Å². The molecule has 2 rings (SSSR count). The fourth-order valence-corrected chi connectivity index (χ4v) is 1.95. The lowest BCUT2D eigenvalue weighted by atomic mass is 10.2. The van der Waals surface area contributed by atoms with Gasteiger partial charge in [-0.25, -0.2) is 0 Å². The molecule has 0 aliphatic heterocycles. The number of rotatable bonds is 2. The molecule has 0 spiro atoms. The molecule has 0 atom stereocenters. The summed E-state index contributed by atoms with van der Waals surface area (Å²) in [5.74, 6) is 0.894. The molecule has 0 fully saturated rings. The van der Waals surface area contributed by atoms with Crippen LogP contribution in [-0.2, 0) is 0 Å². The van der Waals surface area contributed by atoms with Crippen LogP contribution in [0.15, 0.2) is 0 Å². The van der Waals surface area contributed by atoms with Crippen LogP contribution >= 0.6 is 11.5 Å². The molecule has 0 unspecified atom stereocenters. The van der Waals surface area contributed by atoms with Gasteiger partial charge >= 0.3 is 0 Å². The number of anilines is 2. The van der Waals surface area contributed by atoms with Gasteiger partial charge in [-0.2, -0.15) is 9.36 Å². The lowest BCUT2D eigenvalue weighted by molar-refractivity contribution is 1.10. The van der Waals surface area contributed by atoms with E-state index in [1.165, 1.54) is 11.5 Å². The van der Waals surface area contributed by atoms with Crippen LogP contribution in [0.2, 0.25) is 0 Å². The molecule has 0 bridgehead atoms. The second-order valence-corrected chi connectivity index (χ2v) is 3.54. The van der Waals surface area contributed by atoms with Crippen molar-refractivity contribution in [3.63, 3.8) is 0 Å². The van der Waals surface area contributed by atoms with Gasteiger partial charge in [0.1, 0.15) is 5.00 Å². The monoisotopic (exact) mass is 210 g/mol. The maximum Gasteiger partial charge on any atom is 0.239 e. The van der Waals surface area contributed by atoms with Gasteiger partial charge < -0.3 is 11.1 Å². The number of H-pyrrole nitrogens is 1. The fourth-order valence-electron chi connectivity index (χ4n) is 1.21. The van der Waals surface area contributed by atoms with E-state index < -0.39 is 0 Å². The van der Waals surface area contributed by atoms with E-state index in [9.17, 15) is 0 Å². The SMILES string of the molecule is CNc1snc(C)c1-c1nc(N)n[nH]1. The van der Waals surface area contributed by atoms with Gasteiger partial charge in [0.05, 0.1) is 11.3 Å². The van der Waals surface area contributed by atoms with Crippen molar-refractivity contribution in [3.8, 4) is 11.4 Å². The summed E-state index contributed by atoms with van der Waals surface area (Å²) in [6.45, 7) is 1.92. The zero-order valence-electron chi connectivity index (χ0n) is 7.83. The minimum atomic E-state index is 0.243. The number of aromatic amines is 1. The molecule has 0 saturated carbocycles. The van der Waals surface area contributed by atoms with E-state index in [1.807, 2.05) is 14.0 Å². The van der Waals surface area contributed by atoms with Gasteiger partial charge in [0, 0.05) is 7.05 Å². The summed E-state index contributed by atoms with van der Waals surface area (Å²) in [5, 5.41) is 10.6. The third-order valence-electron chi connectivity index (χ3n) is 1.83. The molecular weight excluding hydrogens is 200 g/mol.